The zero-order valence-corrected chi connectivity index (χ0v) is 16.4. The van der Waals surface area contributed by atoms with Gasteiger partial charge < -0.3 is 14.6 Å². The van der Waals surface area contributed by atoms with Crippen LogP contribution in [0.25, 0.3) is 6.08 Å². The fourth-order valence-electron chi connectivity index (χ4n) is 2.35. The molecule has 0 bridgehead atoms. The number of amides is 1. The highest BCUT2D eigenvalue weighted by atomic mass is 32.2. The van der Waals surface area contributed by atoms with Gasteiger partial charge in [0, 0.05) is 13.0 Å². The van der Waals surface area contributed by atoms with E-state index in [2.05, 4.69) is 5.92 Å². The second-order valence-electron chi connectivity index (χ2n) is 5.46. The number of rotatable bonds is 9. The molecule has 1 aromatic carbocycles. The molecule has 6 nitrogen and oxygen atoms in total. The zero-order valence-electron chi connectivity index (χ0n) is 14.8. The lowest BCUT2D eigenvalue weighted by Gasteiger charge is -2.13. The van der Waals surface area contributed by atoms with Gasteiger partial charge in [0.1, 0.15) is 10.9 Å². The molecule has 2 rings (SSSR count). The van der Waals surface area contributed by atoms with Crippen molar-refractivity contribution >= 4 is 46.3 Å². The zero-order chi connectivity index (χ0) is 19.8. The highest BCUT2D eigenvalue weighted by molar-refractivity contribution is 8.26. The van der Waals surface area contributed by atoms with Crippen molar-refractivity contribution in [2.45, 2.75) is 19.8 Å². The smallest absolute Gasteiger partial charge is 0.303 e. The molecule has 0 saturated carbocycles. The summed E-state index contributed by atoms with van der Waals surface area (Å²) in [5.74, 6) is 2.36. The lowest BCUT2D eigenvalue weighted by atomic mass is 10.2. The van der Waals surface area contributed by atoms with Gasteiger partial charge >= 0.3 is 5.97 Å². The molecule has 1 aliphatic rings. The first-order chi connectivity index (χ1) is 13.0. The quantitative estimate of drug-likeness (QED) is 0.384. The molecule has 0 aliphatic carbocycles. The van der Waals surface area contributed by atoms with Crippen LogP contribution < -0.4 is 9.47 Å². The Morgan fingerprint density at radius 1 is 1.41 bits per heavy atom. The third-order valence-corrected chi connectivity index (χ3v) is 4.90. The molecule has 1 amide bonds. The number of nitrogens with zero attached hydrogens (tertiary/aromatic N) is 1. The van der Waals surface area contributed by atoms with Crippen LogP contribution in [-0.2, 0) is 9.59 Å². The molecule has 0 unspecified atom stereocenters. The van der Waals surface area contributed by atoms with Crippen molar-refractivity contribution in [3.63, 3.8) is 0 Å². The van der Waals surface area contributed by atoms with Gasteiger partial charge in [0.2, 0.25) is 0 Å². The summed E-state index contributed by atoms with van der Waals surface area (Å²) >= 11 is 6.44. The maximum absolute atomic E-state index is 12.5. The third-order valence-electron chi connectivity index (χ3n) is 3.52. The molecule has 1 saturated heterocycles. The minimum atomic E-state index is -0.897. The average Bonchev–Trinajstić information content (AvgIpc) is 2.88. The molecule has 1 heterocycles. The van der Waals surface area contributed by atoms with E-state index in [0.717, 1.165) is 5.56 Å². The molecule has 1 aliphatic heterocycles. The number of carboxylic acid groups (broad SMARTS) is 1. The molecule has 0 atom stereocenters. The van der Waals surface area contributed by atoms with Gasteiger partial charge in [-0.05, 0) is 37.1 Å². The Bertz CT molecular complexity index is 813. The van der Waals surface area contributed by atoms with Crippen molar-refractivity contribution in [2.75, 3.05) is 19.8 Å². The Kier molecular flexibility index (Phi) is 7.70. The molecule has 27 heavy (non-hydrogen) atoms. The van der Waals surface area contributed by atoms with Crippen LogP contribution >= 0.6 is 24.0 Å². The molecule has 0 radical (unpaired) electrons. The normalized spacial score (nSPS) is 15.1. The van der Waals surface area contributed by atoms with Gasteiger partial charge in [-0.3, -0.25) is 14.5 Å². The number of carbonyl (C=O) groups is 2. The highest BCUT2D eigenvalue weighted by Gasteiger charge is 2.31. The highest BCUT2D eigenvalue weighted by Crippen LogP contribution is 2.35. The molecule has 142 valence electrons. The third kappa shape index (κ3) is 5.74. The number of ether oxygens (including phenoxy) is 2. The molecular formula is C19H19NO5S2. The van der Waals surface area contributed by atoms with Gasteiger partial charge in [-0.1, -0.05) is 36.0 Å². The fraction of sp³-hybridized carbons (Fsp3) is 0.316. The second-order valence-corrected chi connectivity index (χ2v) is 7.14. The Morgan fingerprint density at radius 2 is 2.19 bits per heavy atom. The van der Waals surface area contributed by atoms with Crippen LogP contribution in [0.5, 0.6) is 11.5 Å². The number of carboxylic acids is 1. The molecule has 0 spiro atoms. The molecule has 1 fully saturated rings. The van der Waals surface area contributed by atoms with E-state index < -0.39 is 5.97 Å². The monoisotopic (exact) mass is 405 g/mol. The predicted octanol–water partition coefficient (Wildman–Crippen LogP) is 3.16. The van der Waals surface area contributed by atoms with Crippen LogP contribution in [0.3, 0.4) is 0 Å². The Labute approximate surface area is 167 Å². The van der Waals surface area contributed by atoms with Crippen LogP contribution in [0, 0.1) is 12.3 Å². The van der Waals surface area contributed by atoms with E-state index in [9.17, 15) is 9.59 Å². The van der Waals surface area contributed by atoms with Crippen molar-refractivity contribution < 1.29 is 24.2 Å². The first kappa shape index (κ1) is 20.8. The lowest BCUT2D eigenvalue weighted by molar-refractivity contribution is -0.137. The van der Waals surface area contributed by atoms with Crippen molar-refractivity contribution in [1.29, 1.82) is 0 Å². The number of hydrogen-bond donors (Lipinski definition) is 1. The summed E-state index contributed by atoms with van der Waals surface area (Å²) in [6, 6.07) is 5.31. The van der Waals surface area contributed by atoms with Gasteiger partial charge in [0.25, 0.3) is 5.91 Å². The summed E-state index contributed by atoms with van der Waals surface area (Å²) in [6.07, 6.45) is 7.29. The lowest BCUT2D eigenvalue weighted by Crippen LogP contribution is -2.29. The Morgan fingerprint density at radius 3 is 2.85 bits per heavy atom. The largest absolute Gasteiger partial charge is 0.490 e. The van der Waals surface area contributed by atoms with Gasteiger partial charge in [-0.2, -0.15) is 0 Å². The summed E-state index contributed by atoms with van der Waals surface area (Å²) in [6.45, 7) is 2.74. The maximum atomic E-state index is 12.5. The van der Waals surface area contributed by atoms with E-state index >= 15 is 0 Å². The van der Waals surface area contributed by atoms with Crippen molar-refractivity contribution in [1.82, 2.24) is 4.90 Å². The van der Waals surface area contributed by atoms with Crippen LogP contribution in [0.1, 0.15) is 25.3 Å². The SMILES string of the molecule is C#CCOc1ccc(/C=C2\SC(=S)N(CCCC(=O)O)C2=O)cc1OCC. The number of carbonyl (C=O) groups excluding carboxylic acids is 1. The van der Waals surface area contributed by atoms with Gasteiger partial charge in [-0.15, -0.1) is 6.42 Å². The number of benzene rings is 1. The first-order valence-electron chi connectivity index (χ1n) is 8.26. The summed E-state index contributed by atoms with van der Waals surface area (Å²) in [4.78, 5) is 25.1. The van der Waals surface area contributed by atoms with Crippen molar-refractivity contribution in [3.8, 4) is 23.8 Å². The van der Waals surface area contributed by atoms with E-state index in [-0.39, 0.29) is 25.5 Å². The molecule has 1 aromatic rings. The minimum Gasteiger partial charge on any atom is -0.490 e. The van der Waals surface area contributed by atoms with Crippen LogP contribution in [0.2, 0.25) is 0 Å². The van der Waals surface area contributed by atoms with Gasteiger partial charge in [0.15, 0.2) is 11.5 Å². The van der Waals surface area contributed by atoms with Crippen LogP contribution in [0.4, 0.5) is 0 Å². The molecule has 1 N–H and O–H groups in total. The van der Waals surface area contributed by atoms with E-state index in [0.29, 0.717) is 33.8 Å². The predicted molar refractivity (Wildman–Crippen MR) is 109 cm³/mol. The number of thioether (sulfide) groups is 1. The average molecular weight is 405 g/mol. The Balaban J connectivity index is 2.16. The molecular weight excluding hydrogens is 386 g/mol. The van der Waals surface area contributed by atoms with Crippen LogP contribution in [0.15, 0.2) is 23.1 Å². The molecule has 8 heteroatoms. The summed E-state index contributed by atoms with van der Waals surface area (Å²) in [5.41, 5.74) is 0.762. The number of thiocarbonyl (C=S) groups is 1. The van der Waals surface area contributed by atoms with E-state index in [4.69, 9.17) is 33.2 Å². The van der Waals surface area contributed by atoms with E-state index in [1.807, 2.05) is 6.92 Å². The molecule has 0 aromatic heterocycles. The Hall–Kier alpha value is -2.50. The summed E-state index contributed by atoms with van der Waals surface area (Å²) in [5, 5.41) is 8.73. The number of hydrogen-bond acceptors (Lipinski definition) is 6. The van der Waals surface area contributed by atoms with Crippen molar-refractivity contribution in [3.05, 3.63) is 28.7 Å². The van der Waals surface area contributed by atoms with E-state index in [1.165, 1.54) is 16.7 Å². The standard InChI is InChI=1S/C19H19NO5S2/c1-3-10-25-14-8-7-13(11-15(14)24-4-2)12-16-18(23)20(19(26)27-16)9-5-6-17(21)22/h1,7-8,11-12H,4-6,9-10H2,2H3,(H,21,22)/b16-12-. The van der Waals surface area contributed by atoms with Gasteiger partial charge in [0.05, 0.1) is 11.5 Å². The number of terminal acetylenes is 1. The van der Waals surface area contributed by atoms with Crippen molar-refractivity contribution in [2.24, 2.45) is 0 Å². The second kappa shape index (κ2) is 10.00. The fourth-order valence-corrected chi connectivity index (χ4v) is 3.66. The minimum absolute atomic E-state index is 0.00700. The maximum Gasteiger partial charge on any atom is 0.303 e. The van der Waals surface area contributed by atoms with Crippen LogP contribution in [-0.4, -0.2) is 46.0 Å². The summed E-state index contributed by atoms with van der Waals surface area (Å²) < 4.78 is 11.5. The first-order valence-corrected chi connectivity index (χ1v) is 9.49. The van der Waals surface area contributed by atoms with E-state index in [1.54, 1.807) is 24.3 Å². The topological polar surface area (TPSA) is 76.1 Å². The summed E-state index contributed by atoms with van der Waals surface area (Å²) in [7, 11) is 0. The number of aliphatic carboxylic acids is 1. The van der Waals surface area contributed by atoms with Gasteiger partial charge in [-0.25, -0.2) is 0 Å².